The van der Waals surface area contributed by atoms with E-state index >= 15 is 0 Å². The van der Waals surface area contributed by atoms with Crippen LogP contribution in [-0.2, 0) is 0 Å². The van der Waals surface area contributed by atoms with Gasteiger partial charge in [-0.2, -0.15) is 0 Å². The molecule has 0 aromatic heterocycles. The zero-order chi connectivity index (χ0) is 15.4. The van der Waals surface area contributed by atoms with Crippen LogP contribution in [0.5, 0.6) is 0 Å². The van der Waals surface area contributed by atoms with Crippen molar-refractivity contribution in [3.63, 3.8) is 0 Å². The molecule has 0 saturated heterocycles. The van der Waals surface area contributed by atoms with Crippen LogP contribution in [0.3, 0.4) is 0 Å². The topological polar surface area (TPSA) is 84.3 Å². The number of hydrogen-bond acceptors (Lipinski definition) is 3. The average Bonchev–Trinajstić information content (AvgIpc) is 2.43. The molecule has 0 aliphatic carbocycles. The molecule has 2 rings (SSSR count). The quantitative estimate of drug-likeness (QED) is 0.642. The van der Waals surface area contributed by atoms with Gasteiger partial charge in [-0.3, -0.25) is 10.1 Å². The summed E-state index contributed by atoms with van der Waals surface area (Å²) in [6.07, 6.45) is 0. The standard InChI is InChI=1S/C13H9BrFN3O3/c14-11-6-3-9(7-12(11)15)17-13(19)16-8-1-4-10(5-2-8)18(20)21/h1-7H,(H2,16,17,19). The molecule has 0 fully saturated rings. The Kier molecular flexibility index (Phi) is 4.49. The molecular weight excluding hydrogens is 345 g/mol. The monoisotopic (exact) mass is 353 g/mol. The maximum atomic E-state index is 13.3. The molecule has 2 aromatic carbocycles. The number of carbonyl (C=O) groups excluding carboxylic acids is 1. The van der Waals surface area contributed by atoms with Gasteiger partial charge in [0.25, 0.3) is 5.69 Å². The number of nitrogens with one attached hydrogen (secondary N) is 2. The number of nitro groups is 1. The second-order valence-electron chi connectivity index (χ2n) is 4.01. The third-order valence-corrected chi connectivity index (χ3v) is 3.16. The van der Waals surface area contributed by atoms with Crippen LogP contribution in [0.25, 0.3) is 0 Å². The SMILES string of the molecule is O=C(Nc1ccc([N+](=O)[O-])cc1)Nc1ccc(Br)c(F)c1. The molecule has 0 spiro atoms. The molecule has 21 heavy (non-hydrogen) atoms. The Bertz CT molecular complexity index is 692. The van der Waals surface area contributed by atoms with Crippen molar-refractivity contribution >= 4 is 39.0 Å². The number of nitrogens with zero attached hydrogens (tertiary/aromatic N) is 1. The summed E-state index contributed by atoms with van der Waals surface area (Å²) in [5.41, 5.74) is 0.599. The molecule has 108 valence electrons. The van der Waals surface area contributed by atoms with Crippen LogP contribution in [0.4, 0.5) is 26.2 Å². The van der Waals surface area contributed by atoms with E-state index in [-0.39, 0.29) is 11.4 Å². The van der Waals surface area contributed by atoms with E-state index in [0.717, 1.165) is 0 Å². The lowest BCUT2D eigenvalue weighted by Crippen LogP contribution is -2.19. The Morgan fingerprint density at radius 3 is 2.24 bits per heavy atom. The minimum atomic E-state index is -0.578. The molecule has 8 heteroatoms. The zero-order valence-electron chi connectivity index (χ0n) is 10.5. The number of benzene rings is 2. The molecular formula is C13H9BrFN3O3. The van der Waals surface area contributed by atoms with Gasteiger partial charge in [-0.15, -0.1) is 0 Å². The van der Waals surface area contributed by atoms with E-state index in [4.69, 9.17) is 0 Å². The average molecular weight is 354 g/mol. The lowest BCUT2D eigenvalue weighted by atomic mass is 10.3. The summed E-state index contributed by atoms with van der Waals surface area (Å²) in [5.74, 6) is -0.497. The van der Waals surface area contributed by atoms with E-state index in [1.54, 1.807) is 0 Å². The number of urea groups is 1. The fourth-order valence-corrected chi connectivity index (χ4v) is 1.78. The van der Waals surface area contributed by atoms with Gasteiger partial charge >= 0.3 is 6.03 Å². The first kappa shape index (κ1) is 14.9. The highest BCUT2D eigenvalue weighted by Gasteiger charge is 2.07. The molecule has 0 unspecified atom stereocenters. The maximum Gasteiger partial charge on any atom is 0.323 e. The molecule has 0 aliphatic rings. The lowest BCUT2D eigenvalue weighted by Gasteiger charge is -2.08. The number of rotatable bonds is 3. The number of nitro benzene ring substituents is 1. The summed E-state index contributed by atoms with van der Waals surface area (Å²) in [6, 6.07) is 8.94. The third kappa shape index (κ3) is 3.99. The van der Waals surface area contributed by atoms with Crippen molar-refractivity contribution in [2.24, 2.45) is 0 Å². The number of halogens is 2. The molecule has 0 atom stereocenters. The van der Waals surface area contributed by atoms with Crippen LogP contribution in [0.15, 0.2) is 46.9 Å². The van der Waals surface area contributed by atoms with E-state index in [9.17, 15) is 19.3 Å². The van der Waals surface area contributed by atoms with Gasteiger partial charge in [-0.05, 0) is 46.3 Å². The Morgan fingerprint density at radius 2 is 1.67 bits per heavy atom. The van der Waals surface area contributed by atoms with Gasteiger partial charge < -0.3 is 10.6 Å². The Hall–Kier alpha value is -2.48. The number of non-ortho nitro benzene ring substituents is 1. The smallest absolute Gasteiger partial charge is 0.308 e. The predicted octanol–water partition coefficient (Wildman–Crippen LogP) is 4.14. The van der Waals surface area contributed by atoms with Crippen molar-refractivity contribution in [2.75, 3.05) is 10.6 Å². The van der Waals surface area contributed by atoms with Gasteiger partial charge in [-0.1, -0.05) is 0 Å². The van der Waals surface area contributed by atoms with Crippen molar-refractivity contribution in [2.45, 2.75) is 0 Å². The van der Waals surface area contributed by atoms with Gasteiger partial charge in [0, 0.05) is 23.5 Å². The summed E-state index contributed by atoms with van der Waals surface area (Å²) in [4.78, 5) is 21.7. The predicted molar refractivity (Wildman–Crippen MR) is 79.8 cm³/mol. The van der Waals surface area contributed by atoms with Crippen LogP contribution in [0.2, 0.25) is 0 Å². The van der Waals surface area contributed by atoms with Crippen molar-refractivity contribution in [1.82, 2.24) is 0 Å². The molecule has 6 nitrogen and oxygen atoms in total. The highest BCUT2D eigenvalue weighted by molar-refractivity contribution is 9.10. The molecule has 0 bridgehead atoms. The molecule has 0 saturated carbocycles. The fourth-order valence-electron chi connectivity index (χ4n) is 1.53. The third-order valence-electron chi connectivity index (χ3n) is 2.51. The van der Waals surface area contributed by atoms with Crippen LogP contribution in [0.1, 0.15) is 0 Å². The molecule has 2 amide bonds. The first-order valence-electron chi connectivity index (χ1n) is 5.73. The Balaban J connectivity index is 2.01. The van der Waals surface area contributed by atoms with Crippen molar-refractivity contribution < 1.29 is 14.1 Å². The summed E-state index contributed by atoms with van der Waals surface area (Å²) >= 11 is 3.01. The van der Waals surface area contributed by atoms with Crippen molar-refractivity contribution in [3.05, 3.63) is 62.9 Å². The van der Waals surface area contributed by atoms with E-state index in [0.29, 0.717) is 10.2 Å². The van der Waals surface area contributed by atoms with E-state index in [2.05, 4.69) is 26.6 Å². The van der Waals surface area contributed by atoms with Crippen LogP contribution in [-0.4, -0.2) is 11.0 Å². The van der Waals surface area contributed by atoms with Gasteiger partial charge in [-0.25, -0.2) is 9.18 Å². The van der Waals surface area contributed by atoms with Gasteiger partial charge in [0.1, 0.15) is 5.82 Å². The Morgan fingerprint density at radius 1 is 1.10 bits per heavy atom. The van der Waals surface area contributed by atoms with E-state index < -0.39 is 16.8 Å². The highest BCUT2D eigenvalue weighted by Crippen LogP contribution is 2.20. The highest BCUT2D eigenvalue weighted by atomic mass is 79.9. The molecule has 0 radical (unpaired) electrons. The molecule has 0 heterocycles. The Labute approximate surface area is 127 Å². The molecule has 2 N–H and O–H groups in total. The fraction of sp³-hybridized carbons (Fsp3) is 0. The molecule has 2 aromatic rings. The number of carbonyl (C=O) groups is 1. The first-order valence-corrected chi connectivity index (χ1v) is 6.52. The van der Waals surface area contributed by atoms with Crippen LogP contribution in [0, 0.1) is 15.9 Å². The summed E-state index contributed by atoms with van der Waals surface area (Å²) in [7, 11) is 0. The van der Waals surface area contributed by atoms with Gasteiger partial charge in [0.15, 0.2) is 0 Å². The number of anilines is 2. The van der Waals surface area contributed by atoms with Crippen LogP contribution < -0.4 is 10.6 Å². The molecule has 0 aliphatic heterocycles. The maximum absolute atomic E-state index is 13.3. The normalized spacial score (nSPS) is 10.0. The second-order valence-corrected chi connectivity index (χ2v) is 4.87. The van der Waals surface area contributed by atoms with Crippen molar-refractivity contribution in [1.29, 1.82) is 0 Å². The summed E-state index contributed by atoms with van der Waals surface area (Å²) in [5, 5.41) is 15.4. The first-order chi connectivity index (χ1) is 9.95. The minimum Gasteiger partial charge on any atom is -0.308 e. The van der Waals surface area contributed by atoms with E-state index in [1.165, 1.54) is 42.5 Å². The van der Waals surface area contributed by atoms with Crippen LogP contribution >= 0.6 is 15.9 Å². The van der Waals surface area contributed by atoms with Crippen molar-refractivity contribution in [3.8, 4) is 0 Å². The largest absolute Gasteiger partial charge is 0.323 e. The summed E-state index contributed by atoms with van der Waals surface area (Å²) < 4.78 is 13.6. The summed E-state index contributed by atoms with van der Waals surface area (Å²) in [6.45, 7) is 0. The number of hydrogen-bond donors (Lipinski definition) is 2. The number of amides is 2. The lowest BCUT2D eigenvalue weighted by molar-refractivity contribution is -0.384. The van der Waals surface area contributed by atoms with Gasteiger partial charge in [0.2, 0.25) is 0 Å². The minimum absolute atomic E-state index is 0.0732. The second kappa shape index (κ2) is 6.31. The van der Waals surface area contributed by atoms with Gasteiger partial charge in [0.05, 0.1) is 9.40 Å². The van der Waals surface area contributed by atoms with E-state index in [1.807, 2.05) is 0 Å². The zero-order valence-corrected chi connectivity index (χ0v) is 12.1.